The molecule has 7 heteroatoms. The molecule has 0 bridgehead atoms. The smallest absolute Gasteiger partial charge is 0.322 e. The van der Waals surface area contributed by atoms with Crippen LogP contribution in [-0.2, 0) is 4.74 Å². The maximum absolute atomic E-state index is 12.7. The number of amides is 2. The van der Waals surface area contributed by atoms with E-state index in [1.165, 1.54) is 0 Å². The summed E-state index contributed by atoms with van der Waals surface area (Å²) in [4.78, 5) is 18.8. The molecule has 4 rings (SSSR count). The monoisotopic (exact) mass is 350 g/mol. The summed E-state index contributed by atoms with van der Waals surface area (Å²) in [5.41, 5.74) is 1.57. The maximum Gasteiger partial charge on any atom is 0.322 e. The van der Waals surface area contributed by atoms with Gasteiger partial charge < -0.3 is 19.5 Å². The lowest BCUT2D eigenvalue weighted by atomic mass is 10.2. The number of carbonyl (C=O) groups excluding carboxylic acids is 1. The minimum Gasteiger partial charge on any atom is -0.377 e. The fraction of sp³-hybridized carbons (Fsp3) is 0.211. The average Bonchev–Trinajstić information content (AvgIpc) is 3.19. The van der Waals surface area contributed by atoms with Crippen LogP contribution in [0.15, 0.2) is 65.2 Å². The van der Waals surface area contributed by atoms with Gasteiger partial charge in [0, 0.05) is 17.8 Å². The van der Waals surface area contributed by atoms with E-state index in [-0.39, 0.29) is 6.03 Å². The first-order valence-corrected chi connectivity index (χ1v) is 8.41. The molecule has 1 atom stereocenters. The zero-order chi connectivity index (χ0) is 17.8. The Bertz CT molecular complexity index is 867. The number of nitrogens with one attached hydrogen (secondary N) is 1. The second-order valence-electron chi connectivity index (χ2n) is 5.90. The molecule has 1 N–H and O–H groups in total. The molecule has 132 valence electrons. The van der Waals surface area contributed by atoms with Crippen molar-refractivity contribution in [3.8, 4) is 11.5 Å². The summed E-state index contributed by atoms with van der Waals surface area (Å²) in [6, 6.07) is 18.3. The Morgan fingerprint density at radius 3 is 2.58 bits per heavy atom. The number of anilines is 1. The predicted octanol–water partition coefficient (Wildman–Crippen LogP) is 3.34. The number of hydrogen-bond donors (Lipinski definition) is 1. The maximum atomic E-state index is 12.7. The Morgan fingerprint density at radius 2 is 1.81 bits per heavy atom. The molecule has 1 unspecified atom stereocenters. The number of para-hydroxylation sites is 1. The van der Waals surface area contributed by atoms with E-state index in [2.05, 4.69) is 15.5 Å². The lowest BCUT2D eigenvalue weighted by Crippen LogP contribution is -2.45. The van der Waals surface area contributed by atoms with Gasteiger partial charge in [0.1, 0.15) is 6.04 Å². The highest BCUT2D eigenvalue weighted by Gasteiger charge is 2.32. The highest BCUT2D eigenvalue weighted by Crippen LogP contribution is 2.25. The van der Waals surface area contributed by atoms with Crippen LogP contribution < -0.4 is 5.32 Å². The Morgan fingerprint density at radius 1 is 1.08 bits per heavy atom. The molecule has 0 saturated carbocycles. The van der Waals surface area contributed by atoms with E-state index in [0.717, 1.165) is 11.3 Å². The first kappa shape index (κ1) is 16.3. The van der Waals surface area contributed by atoms with Crippen LogP contribution >= 0.6 is 0 Å². The van der Waals surface area contributed by atoms with Crippen molar-refractivity contribution in [3.63, 3.8) is 0 Å². The molecule has 26 heavy (non-hydrogen) atoms. The molecule has 1 aliphatic heterocycles. The summed E-state index contributed by atoms with van der Waals surface area (Å²) in [5.74, 6) is 0.862. The van der Waals surface area contributed by atoms with Crippen molar-refractivity contribution < 1.29 is 14.1 Å². The zero-order valence-corrected chi connectivity index (χ0v) is 14.0. The summed E-state index contributed by atoms with van der Waals surface area (Å²) in [6.07, 6.45) is 0. The molecule has 3 aromatic rings. The van der Waals surface area contributed by atoms with Gasteiger partial charge in [-0.3, -0.25) is 0 Å². The van der Waals surface area contributed by atoms with Gasteiger partial charge >= 0.3 is 6.03 Å². The quantitative estimate of drug-likeness (QED) is 0.783. The summed E-state index contributed by atoms with van der Waals surface area (Å²) in [6.45, 7) is 1.26. The van der Waals surface area contributed by atoms with Crippen LogP contribution in [0.25, 0.3) is 11.5 Å². The van der Waals surface area contributed by atoms with Crippen LogP contribution in [0.3, 0.4) is 0 Å². The Labute approximate surface area is 150 Å². The first-order valence-electron chi connectivity index (χ1n) is 8.41. The lowest BCUT2D eigenvalue weighted by Gasteiger charge is -2.33. The Balaban J connectivity index is 1.54. The van der Waals surface area contributed by atoms with Crippen LogP contribution in [-0.4, -0.2) is 40.8 Å². The number of urea groups is 1. The van der Waals surface area contributed by atoms with Crippen molar-refractivity contribution in [2.75, 3.05) is 25.1 Å². The highest BCUT2D eigenvalue weighted by atomic mass is 16.5. The van der Waals surface area contributed by atoms with E-state index >= 15 is 0 Å². The van der Waals surface area contributed by atoms with Gasteiger partial charge in [-0.1, -0.05) is 41.6 Å². The molecule has 1 fully saturated rings. The topological polar surface area (TPSA) is 80.5 Å². The second-order valence-corrected chi connectivity index (χ2v) is 5.90. The van der Waals surface area contributed by atoms with Crippen molar-refractivity contribution in [2.45, 2.75) is 6.04 Å². The number of nitrogens with zero attached hydrogens (tertiary/aromatic N) is 3. The molecule has 2 amide bonds. The third kappa shape index (κ3) is 3.43. The number of aromatic nitrogens is 2. The number of hydrogen-bond acceptors (Lipinski definition) is 5. The number of morpholine rings is 1. The van der Waals surface area contributed by atoms with Gasteiger partial charge in [-0.05, 0) is 24.3 Å². The van der Waals surface area contributed by atoms with Crippen molar-refractivity contribution in [2.24, 2.45) is 0 Å². The third-order valence-electron chi connectivity index (χ3n) is 4.17. The van der Waals surface area contributed by atoms with Crippen molar-refractivity contribution in [3.05, 3.63) is 66.5 Å². The molecule has 2 heterocycles. The molecule has 0 radical (unpaired) electrons. The molecule has 0 aliphatic carbocycles. The number of carbonyl (C=O) groups is 1. The van der Waals surface area contributed by atoms with Gasteiger partial charge in [-0.2, -0.15) is 4.98 Å². The minimum absolute atomic E-state index is 0.212. The van der Waals surface area contributed by atoms with Crippen LogP contribution in [0.2, 0.25) is 0 Å². The highest BCUT2D eigenvalue weighted by molar-refractivity contribution is 5.89. The first-order chi connectivity index (χ1) is 12.8. The van der Waals surface area contributed by atoms with Crippen LogP contribution in [0.4, 0.5) is 10.5 Å². The van der Waals surface area contributed by atoms with Gasteiger partial charge in [0.25, 0.3) is 5.89 Å². The summed E-state index contributed by atoms with van der Waals surface area (Å²) < 4.78 is 10.9. The molecule has 1 saturated heterocycles. The SMILES string of the molecule is O=C(Nc1ccccc1)N1CCOCC1c1noc(-c2ccccc2)n1. The van der Waals surface area contributed by atoms with Crippen molar-refractivity contribution in [1.82, 2.24) is 15.0 Å². The number of rotatable bonds is 3. The van der Waals surface area contributed by atoms with E-state index < -0.39 is 6.04 Å². The molecule has 2 aromatic carbocycles. The van der Waals surface area contributed by atoms with E-state index in [4.69, 9.17) is 9.26 Å². The largest absolute Gasteiger partial charge is 0.377 e. The molecule has 7 nitrogen and oxygen atoms in total. The Kier molecular flexibility index (Phi) is 4.61. The Hall–Kier alpha value is -3.19. The predicted molar refractivity (Wildman–Crippen MR) is 95.5 cm³/mol. The van der Waals surface area contributed by atoms with Crippen molar-refractivity contribution in [1.29, 1.82) is 0 Å². The van der Waals surface area contributed by atoms with Crippen LogP contribution in [0.5, 0.6) is 0 Å². The van der Waals surface area contributed by atoms with Gasteiger partial charge in [0.2, 0.25) is 0 Å². The van der Waals surface area contributed by atoms with E-state index in [1.807, 2.05) is 60.7 Å². The molecular formula is C19H18N4O3. The van der Waals surface area contributed by atoms with E-state index in [1.54, 1.807) is 4.90 Å². The normalized spacial score (nSPS) is 17.1. The summed E-state index contributed by atoms with van der Waals surface area (Å²) in [7, 11) is 0. The third-order valence-corrected chi connectivity index (χ3v) is 4.17. The number of benzene rings is 2. The zero-order valence-electron chi connectivity index (χ0n) is 14.0. The molecule has 0 spiro atoms. The molecular weight excluding hydrogens is 332 g/mol. The van der Waals surface area contributed by atoms with Gasteiger partial charge in [0.15, 0.2) is 5.82 Å². The summed E-state index contributed by atoms with van der Waals surface area (Å²) in [5, 5.41) is 6.96. The van der Waals surface area contributed by atoms with Crippen LogP contribution in [0, 0.1) is 0 Å². The van der Waals surface area contributed by atoms with Crippen molar-refractivity contribution >= 4 is 11.7 Å². The fourth-order valence-electron chi connectivity index (χ4n) is 2.85. The number of ether oxygens (including phenoxy) is 1. The molecule has 1 aliphatic rings. The van der Waals surface area contributed by atoms with Gasteiger partial charge in [-0.25, -0.2) is 4.79 Å². The minimum atomic E-state index is -0.395. The second kappa shape index (κ2) is 7.37. The van der Waals surface area contributed by atoms with Crippen LogP contribution in [0.1, 0.15) is 11.9 Å². The van der Waals surface area contributed by atoms with E-state index in [9.17, 15) is 4.79 Å². The fourth-order valence-corrected chi connectivity index (χ4v) is 2.85. The standard InChI is InChI=1S/C19H18N4O3/c24-19(20-15-9-5-2-6-10-15)23-11-12-25-13-16(23)17-21-18(26-22-17)14-7-3-1-4-8-14/h1-10,16H,11-13H2,(H,20,24). The van der Waals surface area contributed by atoms with Gasteiger partial charge in [-0.15, -0.1) is 0 Å². The lowest BCUT2D eigenvalue weighted by molar-refractivity contribution is 0.0110. The van der Waals surface area contributed by atoms with Gasteiger partial charge in [0.05, 0.1) is 13.2 Å². The van der Waals surface area contributed by atoms with E-state index in [0.29, 0.717) is 31.5 Å². The molecule has 1 aromatic heterocycles. The summed E-state index contributed by atoms with van der Waals surface area (Å²) >= 11 is 0. The average molecular weight is 350 g/mol.